The summed E-state index contributed by atoms with van der Waals surface area (Å²) in [6.07, 6.45) is 6.87. The average molecular weight is 250 g/mol. The van der Waals surface area contributed by atoms with Crippen LogP contribution in [0, 0.1) is 6.92 Å². The number of aromatic nitrogens is 1. The molecule has 0 unspecified atom stereocenters. The second-order valence-electron chi connectivity index (χ2n) is 4.99. The van der Waals surface area contributed by atoms with Crippen molar-refractivity contribution in [2.45, 2.75) is 62.3 Å². The number of hydrogen-bond acceptors (Lipinski definition) is 3. The minimum absolute atomic E-state index is 0.0798. The van der Waals surface area contributed by atoms with Crippen LogP contribution in [0.2, 0.25) is 0 Å². The van der Waals surface area contributed by atoms with Gasteiger partial charge in [-0.2, -0.15) is 0 Å². The molecule has 0 spiro atoms. The van der Waals surface area contributed by atoms with Gasteiger partial charge in [0.15, 0.2) is 0 Å². The Bertz CT molecular complexity index is 370. The Hall–Kier alpha value is -0.540. The maximum absolute atomic E-state index is 5.90. The molecule has 2 N–H and O–H groups in total. The van der Waals surface area contributed by atoms with Gasteiger partial charge >= 0.3 is 0 Å². The van der Waals surface area contributed by atoms with E-state index in [0.29, 0.717) is 0 Å². The van der Waals surface area contributed by atoms with Crippen molar-refractivity contribution >= 4 is 11.8 Å². The number of rotatable bonds is 3. The smallest absolute Gasteiger partial charge is 0.0965 e. The van der Waals surface area contributed by atoms with Gasteiger partial charge in [-0.05, 0) is 38.3 Å². The lowest BCUT2D eigenvalue weighted by molar-refractivity contribution is 0.515. The number of pyridine rings is 1. The molecule has 1 fully saturated rings. The fraction of sp³-hybridized carbons (Fsp3) is 0.643. The van der Waals surface area contributed by atoms with E-state index < -0.39 is 0 Å². The topological polar surface area (TPSA) is 38.9 Å². The Kier molecular flexibility index (Phi) is 4.46. The Morgan fingerprint density at radius 1 is 1.29 bits per heavy atom. The van der Waals surface area contributed by atoms with Crippen molar-refractivity contribution in [1.29, 1.82) is 0 Å². The average Bonchev–Trinajstić information content (AvgIpc) is 2.30. The number of thioether (sulfide) groups is 1. The summed E-state index contributed by atoms with van der Waals surface area (Å²) < 4.78 is 0. The predicted molar refractivity (Wildman–Crippen MR) is 74.3 cm³/mol. The summed E-state index contributed by atoms with van der Waals surface area (Å²) in [4.78, 5) is 4.67. The van der Waals surface area contributed by atoms with Crippen molar-refractivity contribution in [2.24, 2.45) is 5.73 Å². The number of nitrogens with zero attached hydrogens (tertiary/aromatic N) is 1. The van der Waals surface area contributed by atoms with E-state index in [0.717, 1.165) is 16.5 Å². The Morgan fingerprint density at radius 3 is 2.59 bits per heavy atom. The van der Waals surface area contributed by atoms with Crippen LogP contribution in [-0.4, -0.2) is 10.2 Å². The zero-order chi connectivity index (χ0) is 12.3. The van der Waals surface area contributed by atoms with E-state index in [1.54, 1.807) is 0 Å². The largest absolute Gasteiger partial charge is 0.324 e. The third-order valence-corrected chi connectivity index (χ3v) is 4.70. The molecule has 1 aromatic rings. The fourth-order valence-corrected chi connectivity index (χ4v) is 3.70. The summed E-state index contributed by atoms with van der Waals surface area (Å²) >= 11 is 1.95. The van der Waals surface area contributed by atoms with Crippen LogP contribution in [0.3, 0.4) is 0 Å². The zero-order valence-electron chi connectivity index (χ0n) is 10.8. The first kappa shape index (κ1) is 12.9. The van der Waals surface area contributed by atoms with Crippen LogP contribution in [0.15, 0.2) is 17.2 Å². The fourth-order valence-electron chi connectivity index (χ4n) is 2.45. The van der Waals surface area contributed by atoms with Gasteiger partial charge in [0.25, 0.3) is 0 Å². The minimum Gasteiger partial charge on any atom is -0.324 e. The molecule has 17 heavy (non-hydrogen) atoms. The molecule has 0 bridgehead atoms. The number of hydrogen-bond donors (Lipinski definition) is 1. The molecule has 1 atom stereocenters. The molecule has 2 rings (SSSR count). The van der Waals surface area contributed by atoms with Crippen molar-refractivity contribution in [3.8, 4) is 0 Å². The molecule has 0 aliphatic heterocycles. The van der Waals surface area contributed by atoms with Crippen LogP contribution in [0.25, 0.3) is 0 Å². The Balaban J connectivity index is 2.04. The maximum Gasteiger partial charge on any atom is 0.0965 e. The number of aryl methyl sites for hydroxylation is 1. The highest BCUT2D eigenvalue weighted by Crippen LogP contribution is 2.33. The molecule has 1 heterocycles. The predicted octanol–water partition coefficient (Wildman–Crippen LogP) is 3.83. The molecule has 3 heteroatoms. The Morgan fingerprint density at radius 2 is 2.00 bits per heavy atom. The van der Waals surface area contributed by atoms with Gasteiger partial charge in [-0.3, -0.25) is 0 Å². The summed E-state index contributed by atoms with van der Waals surface area (Å²) in [6.45, 7) is 4.07. The number of nitrogens with two attached hydrogens (primary N) is 1. The lowest BCUT2D eigenvalue weighted by atomic mass is 10.0. The van der Waals surface area contributed by atoms with Gasteiger partial charge in [0.1, 0.15) is 0 Å². The Labute approximate surface area is 108 Å². The van der Waals surface area contributed by atoms with Crippen molar-refractivity contribution in [2.75, 3.05) is 0 Å². The second-order valence-corrected chi connectivity index (χ2v) is 6.31. The molecule has 1 saturated carbocycles. The normalized spacial score (nSPS) is 19.2. The summed E-state index contributed by atoms with van der Waals surface area (Å²) in [5.41, 5.74) is 8.15. The zero-order valence-corrected chi connectivity index (χ0v) is 11.6. The van der Waals surface area contributed by atoms with Crippen LogP contribution in [0.1, 0.15) is 56.3 Å². The lowest BCUT2D eigenvalue weighted by Crippen LogP contribution is -2.10. The van der Waals surface area contributed by atoms with Crippen LogP contribution in [0.5, 0.6) is 0 Å². The molecular formula is C14H22N2S. The van der Waals surface area contributed by atoms with E-state index in [2.05, 4.69) is 24.0 Å². The highest BCUT2D eigenvalue weighted by Gasteiger charge is 2.15. The third kappa shape index (κ3) is 3.46. The second kappa shape index (κ2) is 5.87. The van der Waals surface area contributed by atoms with E-state index in [-0.39, 0.29) is 6.04 Å². The standard InChI is InChI=1S/C14H22N2S/c1-10(15)13-8-9-14(16-11(13)2)17-12-6-4-3-5-7-12/h8-10,12H,3-7,15H2,1-2H3/t10-/m1/s1. The molecule has 0 aromatic carbocycles. The van der Waals surface area contributed by atoms with Gasteiger partial charge in [-0.1, -0.05) is 25.3 Å². The SMILES string of the molecule is Cc1nc(SC2CCCCC2)ccc1[C@@H](C)N. The first-order chi connectivity index (χ1) is 8.16. The van der Waals surface area contributed by atoms with Gasteiger partial charge in [0.2, 0.25) is 0 Å². The van der Waals surface area contributed by atoms with E-state index in [1.807, 2.05) is 18.7 Å². The quantitative estimate of drug-likeness (QED) is 0.886. The van der Waals surface area contributed by atoms with E-state index in [9.17, 15) is 0 Å². The van der Waals surface area contributed by atoms with E-state index >= 15 is 0 Å². The van der Waals surface area contributed by atoms with Gasteiger partial charge in [-0.15, -0.1) is 11.8 Å². The monoisotopic (exact) mass is 250 g/mol. The molecule has 1 aliphatic carbocycles. The molecule has 1 aliphatic rings. The molecule has 0 saturated heterocycles. The van der Waals surface area contributed by atoms with Crippen LogP contribution in [-0.2, 0) is 0 Å². The van der Waals surface area contributed by atoms with Gasteiger partial charge in [0.05, 0.1) is 5.03 Å². The molecule has 1 aromatic heterocycles. The lowest BCUT2D eigenvalue weighted by Gasteiger charge is -2.21. The first-order valence-corrected chi connectivity index (χ1v) is 7.44. The van der Waals surface area contributed by atoms with Crippen molar-refractivity contribution in [1.82, 2.24) is 4.98 Å². The van der Waals surface area contributed by atoms with Gasteiger partial charge < -0.3 is 5.73 Å². The minimum atomic E-state index is 0.0798. The van der Waals surface area contributed by atoms with Gasteiger partial charge in [0, 0.05) is 17.0 Å². The summed E-state index contributed by atoms with van der Waals surface area (Å²) in [6, 6.07) is 4.35. The highest BCUT2D eigenvalue weighted by atomic mass is 32.2. The summed E-state index contributed by atoms with van der Waals surface area (Å²) in [7, 11) is 0. The molecule has 2 nitrogen and oxygen atoms in total. The van der Waals surface area contributed by atoms with Crippen LogP contribution in [0.4, 0.5) is 0 Å². The molecular weight excluding hydrogens is 228 g/mol. The maximum atomic E-state index is 5.90. The van der Waals surface area contributed by atoms with E-state index in [1.165, 1.54) is 37.1 Å². The van der Waals surface area contributed by atoms with Crippen LogP contribution < -0.4 is 5.73 Å². The molecule has 0 radical (unpaired) electrons. The van der Waals surface area contributed by atoms with Gasteiger partial charge in [-0.25, -0.2) is 4.98 Å². The third-order valence-electron chi connectivity index (χ3n) is 3.43. The van der Waals surface area contributed by atoms with Crippen molar-refractivity contribution < 1.29 is 0 Å². The van der Waals surface area contributed by atoms with Crippen LogP contribution >= 0.6 is 11.8 Å². The first-order valence-electron chi connectivity index (χ1n) is 6.56. The molecule has 0 amide bonds. The summed E-state index contributed by atoms with van der Waals surface area (Å²) in [5, 5.41) is 1.94. The highest BCUT2D eigenvalue weighted by molar-refractivity contribution is 7.99. The summed E-state index contributed by atoms with van der Waals surface area (Å²) in [5.74, 6) is 0. The van der Waals surface area contributed by atoms with E-state index in [4.69, 9.17) is 5.73 Å². The van der Waals surface area contributed by atoms with Crippen molar-refractivity contribution in [3.63, 3.8) is 0 Å². The van der Waals surface area contributed by atoms with Crippen molar-refractivity contribution in [3.05, 3.63) is 23.4 Å². The molecule has 94 valence electrons.